The standard InChI is InChI=1S/C21H15F4N5O2/c1-32-19(31)14-7-8-16-15(9-14)28-20(21(22,23)24)30(16)18-11-26-17(10-27-18)29(25)12-13-5-3-2-4-6-13/h2-11H,12H2,1H3. The molecule has 0 amide bonds. The molecule has 0 saturated heterocycles. The third-order valence-electron chi connectivity index (χ3n) is 4.60. The lowest BCUT2D eigenvalue weighted by molar-refractivity contribution is -0.145. The summed E-state index contributed by atoms with van der Waals surface area (Å²) in [4.78, 5) is 23.2. The first-order chi connectivity index (χ1) is 15.3. The van der Waals surface area contributed by atoms with Crippen LogP contribution in [0.1, 0.15) is 21.7 Å². The highest BCUT2D eigenvalue weighted by molar-refractivity contribution is 5.94. The molecule has 4 rings (SSSR count). The molecule has 0 spiro atoms. The Kier molecular flexibility index (Phi) is 5.47. The molecular weight excluding hydrogens is 430 g/mol. The van der Waals surface area contributed by atoms with Crippen LogP contribution in [0.3, 0.4) is 0 Å². The summed E-state index contributed by atoms with van der Waals surface area (Å²) >= 11 is 0. The molecular formula is C21H15F4N5O2. The number of hydrogen-bond acceptors (Lipinski definition) is 6. The van der Waals surface area contributed by atoms with Crippen LogP contribution >= 0.6 is 0 Å². The Balaban J connectivity index is 1.72. The van der Waals surface area contributed by atoms with E-state index in [2.05, 4.69) is 19.7 Å². The first kappa shape index (κ1) is 21.2. The van der Waals surface area contributed by atoms with E-state index in [4.69, 9.17) is 0 Å². The van der Waals surface area contributed by atoms with Crippen LogP contribution in [0.25, 0.3) is 16.9 Å². The minimum Gasteiger partial charge on any atom is -0.465 e. The number of imidazole rings is 1. The van der Waals surface area contributed by atoms with E-state index in [-0.39, 0.29) is 34.8 Å². The van der Waals surface area contributed by atoms with Gasteiger partial charge < -0.3 is 4.74 Å². The number of methoxy groups -OCH3 is 1. The highest BCUT2D eigenvalue weighted by Crippen LogP contribution is 2.33. The van der Waals surface area contributed by atoms with E-state index in [1.807, 2.05) is 0 Å². The summed E-state index contributed by atoms with van der Waals surface area (Å²) in [6, 6.07) is 12.6. The van der Waals surface area contributed by atoms with Crippen molar-refractivity contribution in [3.8, 4) is 5.82 Å². The molecule has 0 unspecified atom stereocenters. The first-order valence-electron chi connectivity index (χ1n) is 9.25. The maximum absolute atomic E-state index is 14.5. The van der Waals surface area contributed by atoms with E-state index >= 15 is 0 Å². The zero-order chi connectivity index (χ0) is 22.9. The summed E-state index contributed by atoms with van der Waals surface area (Å²) in [5, 5.41) is 0.339. The summed E-state index contributed by atoms with van der Waals surface area (Å²) in [7, 11) is 1.16. The SMILES string of the molecule is COC(=O)c1ccc2c(c1)nc(C(F)(F)F)n2-c1cnc(N(F)Cc2ccccc2)cn1. The summed E-state index contributed by atoms with van der Waals surface area (Å²) in [5.41, 5.74) is 0.701. The van der Waals surface area contributed by atoms with Gasteiger partial charge in [0.25, 0.3) is 0 Å². The molecule has 0 fully saturated rings. The zero-order valence-corrected chi connectivity index (χ0v) is 16.5. The van der Waals surface area contributed by atoms with Gasteiger partial charge in [0.2, 0.25) is 5.82 Å². The molecule has 164 valence electrons. The number of fused-ring (bicyclic) bond motifs is 1. The van der Waals surface area contributed by atoms with Crippen molar-refractivity contribution >= 4 is 22.8 Å². The molecule has 2 heterocycles. The van der Waals surface area contributed by atoms with E-state index in [9.17, 15) is 22.4 Å². The number of nitrogens with zero attached hydrogens (tertiary/aromatic N) is 5. The number of alkyl halides is 3. The molecule has 4 aromatic rings. The molecule has 7 nitrogen and oxygen atoms in total. The van der Waals surface area contributed by atoms with Crippen LogP contribution in [0.2, 0.25) is 0 Å². The maximum atomic E-state index is 14.5. The van der Waals surface area contributed by atoms with Gasteiger partial charge >= 0.3 is 12.1 Å². The number of anilines is 1. The second-order valence-corrected chi connectivity index (χ2v) is 6.70. The lowest BCUT2D eigenvalue weighted by atomic mass is 10.2. The average molecular weight is 445 g/mol. The lowest BCUT2D eigenvalue weighted by Crippen LogP contribution is -2.16. The van der Waals surface area contributed by atoms with Crippen LogP contribution in [0, 0.1) is 0 Å². The Morgan fingerprint density at radius 2 is 1.84 bits per heavy atom. The Morgan fingerprint density at radius 1 is 1.09 bits per heavy atom. The van der Waals surface area contributed by atoms with Gasteiger partial charge in [0.15, 0.2) is 11.6 Å². The molecule has 2 aromatic carbocycles. The van der Waals surface area contributed by atoms with Gasteiger partial charge in [-0.05, 0) is 23.8 Å². The molecule has 0 aliphatic carbocycles. The number of esters is 1. The third-order valence-corrected chi connectivity index (χ3v) is 4.60. The van der Waals surface area contributed by atoms with Crippen molar-refractivity contribution in [2.45, 2.75) is 12.7 Å². The molecule has 0 bridgehead atoms. The first-order valence-corrected chi connectivity index (χ1v) is 9.25. The highest BCUT2D eigenvalue weighted by atomic mass is 19.4. The molecule has 0 aliphatic rings. The van der Waals surface area contributed by atoms with Crippen LogP contribution < -0.4 is 5.12 Å². The second-order valence-electron chi connectivity index (χ2n) is 6.70. The summed E-state index contributed by atoms with van der Waals surface area (Å²) in [5.74, 6) is -2.33. The van der Waals surface area contributed by atoms with E-state index in [0.717, 1.165) is 24.1 Å². The fourth-order valence-corrected chi connectivity index (χ4v) is 3.13. The van der Waals surface area contributed by atoms with Gasteiger partial charge in [-0.15, -0.1) is 0 Å². The second kappa shape index (κ2) is 8.25. The van der Waals surface area contributed by atoms with E-state index < -0.39 is 18.0 Å². The maximum Gasteiger partial charge on any atom is 0.450 e. The van der Waals surface area contributed by atoms with Crippen LogP contribution in [0.4, 0.5) is 23.5 Å². The van der Waals surface area contributed by atoms with Crippen LogP contribution in [0.5, 0.6) is 0 Å². The van der Waals surface area contributed by atoms with Crippen molar-refractivity contribution in [1.82, 2.24) is 19.5 Å². The number of carbonyl (C=O) groups is 1. The predicted molar refractivity (Wildman–Crippen MR) is 107 cm³/mol. The fraction of sp³-hybridized carbons (Fsp3) is 0.143. The molecule has 0 saturated carbocycles. The van der Waals surface area contributed by atoms with Crippen LogP contribution in [0.15, 0.2) is 60.9 Å². The van der Waals surface area contributed by atoms with Gasteiger partial charge in [0.05, 0.1) is 42.6 Å². The van der Waals surface area contributed by atoms with Crippen LogP contribution in [-0.2, 0) is 17.5 Å². The molecule has 11 heteroatoms. The highest BCUT2D eigenvalue weighted by Gasteiger charge is 2.38. The summed E-state index contributed by atoms with van der Waals surface area (Å²) in [6.07, 6.45) is -2.76. The molecule has 0 atom stereocenters. The van der Waals surface area contributed by atoms with Gasteiger partial charge in [0.1, 0.15) is 0 Å². The van der Waals surface area contributed by atoms with Crippen molar-refractivity contribution in [3.05, 3.63) is 77.9 Å². The number of benzene rings is 2. The predicted octanol–water partition coefficient (Wildman–Crippen LogP) is 4.51. The minimum atomic E-state index is -4.82. The molecule has 0 N–H and O–H groups in total. The van der Waals surface area contributed by atoms with Gasteiger partial charge in [-0.25, -0.2) is 19.7 Å². The van der Waals surface area contributed by atoms with Gasteiger partial charge in [-0.1, -0.05) is 34.8 Å². The molecule has 32 heavy (non-hydrogen) atoms. The van der Waals surface area contributed by atoms with Crippen molar-refractivity contribution in [2.75, 3.05) is 12.2 Å². The lowest BCUT2D eigenvalue weighted by Gasteiger charge is -2.14. The molecule has 2 aromatic heterocycles. The Labute approximate surface area is 178 Å². The Morgan fingerprint density at radius 3 is 2.47 bits per heavy atom. The van der Waals surface area contributed by atoms with Crippen molar-refractivity contribution < 1.29 is 27.2 Å². The monoisotopic (exact) mass is 445 g/mol. The number of aromatic nitrogens is 4. The number of ether oxygens (including phenoxy) is 1. The summed E-state index contributed by atoms with van der Waals surface area (Å²) < 4.78 is 60.8. The average Bonchev–Trinajstić information content (AvgIpc) is 3.18. The van der Waals surface area contributed by atoms with Gasteiger partial charge in [0, 0.05) is 0 Å². The van der Waals surface area contributed by atoms with Gasteiger partial charge in [-0.2, -0.15) is 18.3 Å². The molecule has 0 aliphatic heterocycles. The van der Waals surface area contributed by atoms with E-state index in [1.165, 1.54) is 18.2 Å². The Hall–Kier alpha value is -4.02. The largest absolute Gasteiger partial charge is 0.465 e. The Bertz CT molecular complexity index is 1260. The number of carbonyl (C=O) groups excluding carboxylic acids is 1. The zero-order valence-electron chi connectivity index (χ0n) is 16.5. The van der Waals surface area contributed by atoms with Crippen molar-refractivity contribution in [3.63, 3.8) is 0 Å². The number of rotatable bonds is 5. The number of hydrogen-bond donors (Lipinski definition) is 0. The van der Waals surface area contributed by atoms with Gasteiger partial charge in [-0.3, -0.25) is 4.57 Å². The quantitative estimate of drug-likeness (QED) is 0.256. The topological polar surface area (TPSA) is 73.1 Å². The van der Waals surface area contributed by atoms with E-state index in [0.29, 0.717) is 10.7 Å². The van der Waals surface area contributed by atoms with Crippen molar-refractivity contribution in [2.24, 2.45) is 0 Å². The fourth-order valence-electron chi connectivity index (χ4n) is 3.13. The number of halogens is 4. The van der Waals surface area contributed by atoms with Crippen molar-refractivity contribution in [1.29, 1.82) is 0 Å². The normalized spacial score (nSPS) is 11.5. The smallest absolute Gasteiger partial charge is 0.450 e. The van der Waals surface area contributed by atoms with Crippen LogP contribution in [-0.4, -0.2) is 32.6 Å². The molecule has 0 radical (unpaired) electrons. The summed E-state index contributed by atoms with van der Waals surface area (Å²) in [6.45, 7) is -0.104. The third kappa shape index (κ3) is 4.09. The van der Waals surface area contributed by atoms with E-state index in [1.54, 1.807) is 30.3 Å². The minimum absolute atomic E-state index is 0.0495.